The summed E-state index contributed by atoms with van der Waals surface area (Å²) in [6.45, 7) is -0.187. The molecule has 0 aliphatic carbocycles. The molecule has 32 heavy (non-hydrogen) atoms. The van der Waals surface area contributed by atoms with Crippen LogP contribution < -0.4 is 16.6 Å². The molecule has 9 nitrogen and oxygen atoms in total. The Morgan fingerprint density at radius 3 is 2.53 bits per heavy atom. The minimum absolute atomic E-state index is 0.0754. The van der Waals surface area contributed by atoms with E-state index < -0.39 is 23.2 Å². The Bertz CT molecular complexity index is 1480. The van der Waals surface area contributed by atoms with E-state index in [0.29, 0.717) is 5.69 Å². The molecule has 0 saturated heterocycles. The molecule has 9 heteroatoms. The lowest BCUT2D eigenvalue weighted by Crippen LogP contribution is -2.39. The molecule has 158 valence electrons. The predicted molar refractivity (Wildman–Crippen MR) is 117 cm³/mol. The van der Waals surface area contributed by atoms with Crippen LogP contribution in [0, 0.1) is 0 Å². The highest BCUT2D eigenvalue weighted by atomic mass is 16.2. The van der Waals surface area contributed by atoms with Gasteiger partial charge in [-0.2, -0.15) is 0 Å². The molecule has 2 amide bonds. The van der Waals surface area contributed by atoms with Crippen LogP contribution >= 0.6 is 0 Å². The number of pyridine rings is 1. The van der Waals surface area contributed by atoms with Gasteiger partial charge in [0.25, 0.3) is 11.5 Å². The molecule has 3 N–H and O–H groups in total. The highest BCUT2D eigenvalue weighted by Crippen LogP contribution is 2.36. The summed E-state index contributed by atoms with van der Waals surface area (Å²) in [5.41, 5.74) is 1.11. The zero-order chi connectivity index (χ0) is 22.2. The second-order valence-corrected chi connectivity index (χ2v) is 7.41. The van der Waals surface area contributed by atoms with Gasteiger partial charge in [-0.15, -0.1) is 0 Å². The summed E-state index contributed by atoms with van der Waals surface area (Å²) in [4.78, 5) is 60.1. The summed E-state index contributed by atoms with van der Waals surface area (Å²) >= 11 is 0. The van der Waals surface area contributed by atoms with Crippen LogP contribution in [0.3, 0.4) is 0 Å². The number of amides is 2. The lowest BCUT2D eigenvalue weighted by molar-refractivity contribution is -0.117. The third-order valence-electron chi connectivity index (χ3n) is 5.37. The number of carbonyl (C=O) groups excluding carboxylic acids is 2. The van der Waals surface area contributed by atoms with Gasteiger partial charge in [0, 0.05) is 17.4 Å². The fourth-order valence-corrected chi connectivity index (χ4v) is 3.97. The maximum Gasteiger partial charge on any atom is 0.327 e. The molecule has 1 aliphatic rings. The average molecular weight is 427 g/mol. The molecule has 3 heterocycles. The Labute approximate surface area is 180 Å². The number of hydrogen-bond donors (Lipinski definition) is 3. The second-order valence-electron chi connectivity index (χ2n) is 7.41. The summed E-state index contributed by atoms with van der Waals surface area (Å²) < 4.78 is 0. The van der Waals surface area contributed by atoms with Crippen LogP contribution in [0.4, 0.5) is 5.69 Å². The number of para-hydroxylation sites is 1. The van der Waals surface area contributed by atoms with Gasteiger partial charge >= 0.3 is 5.69 Å². The number of nitrogens with zero attached hydrogens (tertiary/aromatic N) is 2. The number of anilines is 1. The van der Waals surface area contributed by atoms with Crippen molar-refractivity contribution in [2.24, 2.45) is 0 Å². The molecule has 0 saturated carbocycles. The SMILES string of the molecule is O=C1CN(C(=O)c2cnc3[nH]c(=O)[nH]c(=O)c3c2)C(c2ccccc2)c2ccccc2N1. The Morgan fingerprint density at radius 1 is 0.969 bits per heavy atom. The number of aromatic nitrogens is 3. The van der Waals surface area contributed by atoms with E-state index in [-0.39, 0.29) is 29.0 Å². The standard InChI is InChI=1S/C23H17N5O4/c29-18-12-28(22(31)14-10-16-20(24-11-14)26-23(32)27-21(16)30)19(13-6-2-1-3-7-13)15-8-4-5-9-17(15)25-18/h1-11,19H,12H2,(H,25,29)(H2,24,26,27,30,32). The van der Waals surface area contributed by atoms with Crippen LogP contribution in [0.15, 0.2) is 76.4 Å². The Morgan fingerprint density at radius 2 is 1.72 bits per heavy atom. The van der Waals surface area contributed by atoms with Gasteiger partial charge in [-0.3, -0.25) is 24.4 Å². The van der Waals surface area contributed by atoms with Crippen molar-refractivity contribution in [2.45, 2.75) is 6.04 Å². The molecule has 0 bridgehead atoms. The largest absolute Gasteiger partial charge is 0.327 e. The maximum absolute atomic E-state index is 13.6. The molecular weight excluding hydrogens is 410 g/mol. The molecule has 5 rings (SSSR count). The number of benzene rings is 2. The van der Waals surface area contributed by atoms with Gasteiger partial charge in [-0.25, -0.2) is 9.78 Å². The lowest BCUT2D eigenvalue weighted by atomic mass is 9.95. The minimum Gasteiger partial charge on any atom is -0.324 e. The van der Waals surface area contributed by atoms with E-state index in [2.05, 4.69) is 20.3 Å². The average Bonchev–Trinajstić information content (AvgIpc) is 2.94. The highest BCUT2D eigenvalue weighted by Gasteiger charge is 2.34. The molecule has 0 fully saturated rings. The van der Waals surface area contributed by atoms with Crippen LogP contribution in [-0.2, 0) is 4.79 Å². The first kappa shape index (κ1) is 19.4. The molecule has 2 aromatic heterocycles. The van der Waals surface area contributed by atoms with Crippen LogP contribution in [0.1, 0.15) is 27.5 Å². The van der Waals surface area contributed by atoms with E-state index in [1.165, 1.54) is 17.2 Å². The Balaban J connectivity index is 1.67. The van der Waals surface area contributed by atoms with E-state index in [1.54, 1.807) is 6.07 Å². The number of nitrogens with one attached hydrogen (secondary N) is 3. The van der Waals surface area contributed by atoms with Crippen molar-refractivity contribution >= 4 is 28.5 Å². The van der Waals surface area contributed by atoms with Crippen molar-refractivity contribution in [2.75, 3.05) is 11.9 Å². The Hall–Kier alpha value is -4.53. The van der Waals surface area contributed by atoms with E-state index >= 15 is 0 Å². The maximum atomic E-state index is 13.6. The van der Waals surface area contributed by atoms with Crippen molar-refractivity contribution < 1.29 is 9.59 Å². The van der Waals surface area contributed by atoms with E-state index in [1.807, 2.05) is 48.5 Å². The molecule has 1 atom stereocenters. The first-order valence-corrected chi connectivity index (χ1v) is 9.88. The predicted octanol–water partition coefficient (Wildman–Crippen LogP) is 1.80. The van der Waals surface area contributed by atoms with E-state index in [9.17, 15) is 19.2 Å². The van der Waals surface area contributed by atoms with Crippen LogP contribution in [0.5, 0.6) is 0 Å². The zero-order valence-corrected chi connectivity index (χ0v) is 16.7. The monoisotopic (exact) mass is 427 g/mol. The molecule has 1 aliphatic heterocycles. The van der Waals surface area contributed by atoms with Crippen LogP contribution in [0.25, 0.3) is 11.0 Å². The molecule has 0 spiro atoms. The smallest absolute Gasteiger partial charge is 0.324 e. The van der Waals surface area contributed by atoms with Crippen molar-refractivity contribution in [1.82, 2.24) is 19.9 Å². The third-order valence-corrected chi connectivity index (χ3v) is 5.37. The second kappa shape index (κ2) is 7.62. The Kier molecular flexibility index (Phi) is 4.63. The van der Waals surface area contributed by atoms with E-state index in [0.717, 1.165) is 11.1 Å². The number of rotatable bonds is 2. The van der Waals surface area contributed by atoms with Crippen LogP contribution in [0.2, 0.25) is 0 Å². The van der Waals surface area contributed by atoms with Crippen molar-refractivity contribution in [3.05, 3.63) is 104 Å². The number of aromatic amines is 2. The fraction of sp³-hybridized carbons (Fsp3) is 0.0870. The van der Waals surface area contributed by atoms with Crippen molar-refractivity contribution in [3.63, 3.8) is 0 Å². The van der Waals surface area contributed by atoms with Crippen LogP contribution in [-0.4, -0.2) is 38.2 Å². The fourth-order valence-electron chi connectivity index (χ4n) is 3.97. The van der Waals surface area contributed by atoms with Gasteiger partial charge in [-0.05, 0) is 17.7 Å². The summed E-state index contributed by atoms with van der Waals surface area (Å²) in [6, 6.07) is 17.6. The van der Waals surface area contributed by atoms with E-state index in [4.69, 9.17) is 0 Å². The summed E-state index contributed by atoms with van der Waals surface area (Å²) in [5, 5.41) is 2.94. The molecule has 4 aromatic rings. The lowest BCUT2D eigenvalue weighted by Gasteiger charge is -2.30. The number of hydrogen-bond acceptors (Lipinski definition) is 5. The molecule has 1 unspecified atom stereocenters. The number of fused-ring (bicyclic) bond motifs is 2. The molecular formula is C23H17N5O4. The normalized spacial score (nSPS) is 15.7. The summed E-state index contributed by atoms with van der Waals surface area (Å²) in [7, 11) is 0. The first-order chi connectivity index (χ1) is 15.5. The quantitative estimate of drug-likeness (QED) is 0.449. The topological polar surface area (TPSA) is 128 Å². The molecule has 0 radical (unpaired) electrons. The van der Waals surface area contributed by atoms with Gasteiger partial charge in [0.1, 0.15) is 12.2 Å². The van der Waals surface area contributed by atoms with Crippen molar-refractivity contribution in [1.29, 1.82) is 0 Å². The van der Waals surface area contributed by atoms with Crippen molar-refractivity contribution in [3.8, 4) is 0 Å². The van der Waals surface area contributed by atoms with Gasteiger partial charge in [0.05, 0.1) is 17.0 Å². The van der Waals surface area contributed by atoms with Gasteiger partial charge in [-0.1, -0.05) is 48.5 Å². The first-order valence-electron chi connectivity index (χ1n) is 9.88. The van der Waals surface area contributed by atoms with Gasteiger partial charge in [0.15, 0.2) is 0 Å². The van der Waals surface area contributed by atoms with Gasteiger partial charge in [0.2, 0.25) is 5.91 Å². The number of carbonyl (C=O) groups is 2. The summed E-state index contributed by atoms with van der Waals surface area (Å²) in [5.74, 6) is -0.800. The van der Waals surface area contributed by atoms with Gasteiger partial charge < -0.3 is 10.2 Å². The highest BCUT2D eigenvalue weighted by molar-refractivity contribution is 6.02. The minimum atomic E-state index is -0.681. The summed E-state index contributed by atoms with van der Waals surface area (Å²) in [6.07, 6.45) is 1.29. The molecule has 2 aromatic carbocycles. The third kappa shape index (κ3) is 3.35. The number of H-pyrrole nitrogens is 2. The zero-order valence-electron chi connectivity index (χ0n) is 16.7.